The number of rotatable bonds is 3. The van der Waals surface area contributed by atoms with Gasteiger partial charge in [-0.3, -0.25) is 9.59 Å². The summed E-state index contributed by atoms with van der Waals surface area (Å²) in [6.45, 7) is 5.53. The summed E-state index contributed by atoms with van der Waals surface area (Å²) >= 11 is 0. The van der Waals surface area contributed by atoms with E-state index >= 15 is 0 Å². The summed E-state index contributed by atoms with van der Waals surface area (Å²) < 4.78 is 28.6. The van der Waals surface area contributed by atoms with Gasteiger partial charge in [-0.15, -0.1) is 5.10 Å². The number of benzene rings is 1. The van der Waals surface area contributed by atoms with Gasteiger partial charge in [-0.05, 0) is 37.1 Å². The largest absolute Gasteiger partial charge is 0.303 e. The molecule has 0 spiro atoms. The van der Waals surface area contributed by atoms with Gasteiger partial charge in [0.15, 0.2) is 17.3 Å². The van der Waals surface area contributed by atoms with Gasteiger partial charge in [-0.1, -0.05) is 0 Å². The number of Topliss-reactive ketones (excluding diaryl/α,β-unsaturated/α-hetero) is 1. The normalized spacial score (nSPS) is 11.9. The molecule has 0 atom stereocenters. The average molecular weight is 346 g/mol. The van der Waals surface area contributed by atoms with Crippen LogP contribution in [0.25, 0.3) is 16.7 Å². The van der Waals surface area contributed by atoms with Crippen LogP contribution in [-0.4, -0.2) is 25.5 Å². The number of fused-ring (bicyclic) bond motifs is 1. The zero-order valence-electron chi connectivity index (χ0n) is 14.1. The fraction of sp³-hybridized carbons (Fsp3) is 0.294. The number of aromatic nitrogens is 4. The molecule has 130 valence electrons. The molecule has 1 N–H and O–H groups in total. The van der Waals surface area contributed by atoms with Crippen molar-refractivity contribution in [3.63, 3.8) is 0 Å². The molecule has 2 aromatic heterocycles. The van der Waals surface area contributed by atoms with Gasteiger partial charge >= 0.3 is 0 Å². The second-order valence-corrected chi connectivity index (χ2v) is 6.13. The molecule has 0 unspecified atom stereocenters. The van der Waals surface area contributed by atoms with E-state index in [-0.39, 0.29) is 28.2 Å². The average Bonchev–Trinajstić information content (AvgIpc) is 2.89. The molecule has 25 heavy (non-hydrogen) atoms. The first kappa shape index (κ1) is 16.9. The topological polar surface area (TPSA) is 80.6 Å². The molecule has 3 aromatic rings. The van der Waals surface area contributed by atoms with Gasteiger partial charge < -0.3 is 4.98 Å². The summed E-state index contributed by atoms with van der Waals surface area (Å²) in [4.78, 5) is 30.0. The van der Waals surface area contributed by atoms with E-state index in [4.69, 9.17) is 0 Å². The number of halogens is 2. The number of nitrogens with zero attached hydrogens (tertiary/aromatic N) is 3. The Balaban J connectivity index is 2.22. The number of aromatic amines is 1. The molecule has 6 nitrogen and oxygen atoms in total. The molecule has 0 amide bonds. The van der Waals surface area contributed by atoms with Crippen LogP contribution in [0.15, 0.2) is 23.1 Å². The fourth-order valence-electron chi connectivity index (χ4n) is 2.77. The number of aryl methyl sites for hydroxylation is 2. The van der Waals surface area contributed by atoms with Crippen molar-refractivity contribution >= 4 is 16.8 Å². The first-order valence-electron chi connectivity index (χ1n) is 7.58. The highest BCUT2D eigenvalue weighted by atomic mass is 19.3. The SMILES string of the molecule is CC(=O)c1nc2nn(-c3c(C)cc(C(C)(F)F)cc3C)cc2c(=O)[nH]1. The molecule has 0 radical (unpaired) electrons. The summed E-state index contributed by atoms with van der Waals surface area (Å²) in [5.74, 6) is -3.40. The molecular formula is C17H16F2N4O2. The van der Waals surface area contributed by atoms with Gasteiger partial charge in [0.2, 0.25) is 0 Å². The highest BCUT2D eigenvalue weighted by Gasteiger charge is 2.26. The van der Waals surface area contributed by atoms with Crippen LogP contribution in [0, 0.1) is 13.8 Å². The van der Waals surface area contributed by atoms with E-state index in [1.165, 1.54) is 29.9 Å². The minimum absolute atomic E-state index is 0.0721. The van der Waals surface area contributed by atoms with E-state index in [2.05, 4.69) is 15.1 Å². The van der Waals surface area contributed by atoms with Crippen LogP contribution in [0.4, 0.5) is 8.78 Å². The second-order valence-electron chi connectivity index (χ2n) is 6.13. The van der Waals surface area contributed by atoms with Crippen molar-refractivity contribution in [2.24, 2.45) is 0 Å². The van der Waals surface area contributed by atoms with Gasteiger partial charge in [-0.2, -0.15) is 0 Å². The lowest BCUT2D eigenvalue weighted by atomic mass is 10.0. The molecule has 1 aromatic carbocycles. The van der Waals surface area contributed by atoms with Crippen LogP contribution in [0.3, 0.4) is 0 Å². The molecule has 0 fully saturated rings. The monoisotopic (exact) mass is 346 g/mol. The summed E-state index contributed by atoms with van der Waals surface area (Å²) in [7, 11) is 0. The zero-order chi connectivity index (χ0) is 18.5. The number of carbonyl (C=O) groups is 1. The van der Waals surface area contributed by atoms with Gasteiger partial charge in [0.25, 0.3) is 11.5 Å². The van der Waals surface area contributed by atoms with E-state index in [1.807, 2.05) is 0 Å². The van der Waals surface area contributed by atoms with Crippen LogP contribution in [0.5, 0.6) is 0 Å². The number of ketones is 1. The molecule has 8 heteroatoms. The Morgan fingerprint density at radius 2 is 1.84 bits per heavy atom. The predicted molar refractivity (Wildman–Crippen MR) is 88.5 cm³/mol. The zero-order valence-corrected chi connectivity index (χ0v) is 14.1. The predicted octanol–water partition coefficient (Wildman–Crippen LogP) is 3.04. The first-order valence-corrected chi connectivity index (χ1v) is 7.58. The van der Waals surface area contributed by atoms with Gasteiger partial charge in [-0.25, -0.2) is 18.4 Å². The van der Waals surface area contributed by atoms with E-state index in [9.17, 15) is 18.4 Å². The maximum atomic E-state index is 13.6. The third-order valence-electron chi connectivity index (χ3n) is 3.95. The third kappa shape index (κ3) is 2.95. The molecule has 2 heterocycles. The summed E-state index contributed by atoms with van der Waals surface area (Å²) in [6, 6.07) is 2.79. The Bertz CT molecular complexity index is 1040. The number of hydrogen-bond acceptors (Lipinski definition) is 4. The minimum Gasteiger partial charge on any atom is -0.303 e. The van der Waals surface area contributed by atoms with Crippen LogP contribution in [0.1, 0.15) is 41.2 Å². The van der Waals surface area contributed by atoms with Crippen LogP contribution < -0.4 is 5.56 Å². The number of hydrogen-bond donors (Lipinski definition) is 1. The molecule has 0 aliphatic rings. The number of alkyl halides is 2. The Kier molecular flexibility index (Phi) is 3.78. The molecule has 0 aliphatic carbocycles. The molecule has 0 aliphatic heterocycles. The summed E-state index contributed by atoms with van der Waals surface area (Å²) in [6.07, 6.45) is 1.48. The van der Waals surface area contributed by atoms with Crippen LogP contribution in [-0.2, 0) is 5.92 Å². The maximum absolute atomic E-state index is 13.6. The minimum atomic E-state index is -2.95. The Morgan fingerprint density at radius 1 is 1.24 bits per heavy atom. The van der Waals surface area contributed by atoms with Gasteiger partial charge in [0, 0.05) is 25.6 Å². The maximum Gasteiger partial charge on any atom is 0.270 e. The lowest BCUT2D eigenvalue weighted by Crippen LogP contribution is -2.13. The van der Waals surface area contributed by atoms with Crippen molar-refractivity contribution in [3.05, 3.63) is 51.2 Å². The lowest BCUT2D eigenvalue weighted by Gasteiger charge is -2.16. The number of nitrogens with one attached hydrogen (secondary N) is 1. The quantitative estimate of drug-likeness (QED) is 0.739. The van der Waals surface area contributed by atoms with Crippen molar-refractivity contribution in [2.45, 2.75) is 33.6 Å². The van der Waals surface area contributed by atoms with Crippen molar-refractivity contribution in [2.75, 3.05) is 0 Å². The Morgan fingerprint density at radius 3 is 2.36 bits per heavy atom. The fourth-order valence-corrected chi connectivity index (χ4v) is 2.77. The van der Waals surface area contributed by atoms with E-state index in [0.717, 1.165) is 6.92 Å². The van der Waals surface area contributed by atoms with E-state index < -0.39 is 11.5 Å². The smallest absolute Gasteiger partial charge is 0.270 e. The highest BCUT2D eigenvalue weighted by molar-refractivity contribution is 5.91. The molecule has 0 saturated carbocycles. The lowest BCUT2D eigenvalue weighted by molar-refractivity contribution is 0.0173. The summed E-state index contributed by atoms with van der Waals surface area (Å²) in [5.41, 5.74) is 1.33. The Labute approximate surface area is 141 Å². The number of H-pyrrole nitrogens is 1. The van der Waals surface area contributed by atoms with Gasteiger partial charge in [0.05, 0.1) is 5.69 Å². The van der Waals surface area contributed by atoms with Crippen molar-refractivity contribution in [3.8, 4) is 5.69 Å². The van der Waals surface area contributed by atoms with Crippen LogP contribution >= 0.6 is 0 Å². The standard InChI is InChI=1S/C17H16F2N4O2/c1-8-5-11(17(4,18)19)6-9(2)13(8)23-7-12-15(22-23)20-14(10(3)24)21-16(12)25/h5-7H,1-4H3,(H,20,21,22,25). The van der Waals surface area contributed by atoms with E-state index in [0.29, 0.717) is 16.8 Å². The molecule has 0 bridgehead atoms. The molecule has 3 rings (SSSR count). The number of carbonyl (C=O) groups excluding carboxylic acids is 1. The third-order valence-corrected chi connectivity index (χ3v) is 3.95. The highest BCUT2D eigenvalue weighted by Crippen LogP contribution is 2.31. The molecular weight excluding hydrogens is 330 g/mol. The van der Waals surface area contributed by atoms with Gasteiger partial charge in [0.1, 0.15) is 5.39 Å². The van der Waals surface area contributed by atoms with Crippen molar-refractivity contribution in [1.29, 1.82) is 0 Å². The van der Waals surface area contributed by atoms with Crippen LogP contribution in [0.2, 0.25) is 0 Å². The summed E-state index contributed by atoms with van der Waals surface area (Å²) in [5, 5.41) is 4.46. The van der Waals surface area contributed by atoms with Crippen molar-refractivity contribution in [1.82, 2.24) is 19.7 Å². The van der Waals surface area contributed by atoms with Crippen molar-refractivity contribution < 1.29 is 13.6 Å². The first-order chi connectivity index (χ1) is 11.6. The van der Waals surface area contributed by atoms with E-state index in [1.54, 1.807) is 13.8 Å². The second kappa shape index (κ2) is 5.58. The Hall–Kier alpha value is -2.90. The molecule has 0 saturated heterocycles.